The van der Waals surface area contributed by atoms with Gasteiger partial charge in [0.25, 0.3) is 0 Å². The second-order valence-corrected chi connectivity index (χ2v) is 9.08. The third-order valence-electron chi connectivity index (χ3n) is 6.56. The molecule has 4 rings (SSSR count). The Morgan fingerprint density at radius 2 is 1.83 bits per heavy atom. The summed E-state index contributed by atoms with van der Waals surface area (Å²) >= 11 is 0. The summed E-state index contributed by atoms with van der Waals surface area (Å²) in [5, 5.41) is 4.42. The molecule has 0 spiro atoms. The molecule has 1 amide bonds. The number of rotatable bonds is 12. The van der Waals surface area contributed by atoms with Crippen LogP contribution in [0, 0.1) is 5.82 Å². The van der Waals surface area contributed by atoms with Gasteiger partial charge in [0.1, 0.15) is 11.6 Å². The van der Waals surface area contributed by atoms with E-state index in [1.54, 1.807) is 16.9 Å². The third-order valence-corrected chi connectivity index (χ3v) is 6.56. The molecule has 7 nitrogen and oxygen atoms in total. The highest BCUT2D eigenvalue weighted by atomic mass is 19.1. The van der Waals surface area contributed by atoms with Crippen LogP contribution in [-0.2, 0) is 19.4 Å². The fourth-order valence-corrected chi connectivity index (χ4v) is 4.97. The number of nitrogens with zero attached hydrogens (tertiary/aromatic N) is 5. The number of nitrogens with two attached hydrogens (primary N) is 1. The topological polar surface area (TPSA) is 82.0 Å². The highest BCUT2D eigenvalue weighted by Gasteiger charge is 2.20. The van der Waals surface area contributed by atoms with Gasteiger partial charge in [-0.2, -0.15) is 5.10 Å². The lowest BCUT2D eigenvalue weighted by Gasteiger charge is -2.21. The smallest absolute Gasteiger partial charge is 0.249 e. The van der Waals surface area contributed by atoms with Gasteiger partial charge in [-0.15, -0.1) is 0 Å². The number of imidazole rings is 1. The minimum absolute atomic E-state index is 0.307. The minimum Gasteiger partial charge on any atom is -0.366 e. The van der Waals surface area contributed by atoms with Gasteiger partial charge in [-0.25, -0.2) is 14.1 Å². The first-order valence-electron chi connectivity index (χ1n) is 12.8. The number of benzene rings is 2. The van der Waals surface area contributed by atoms with E-state index >= 15 is 0 Å². The van der Waals surface area contributed by atoms with Crippen LogP contribution in [0.4, 0.5) is 4.39 Å². The zero-order chi connectivity index (χ0) is 25.7. The van der Waals surface area contributed by atoms with Crippen molar-refractivity contribution in [2.45, 2.75) is 53.0 Å². The summed E-state index contributed by atoms with van der Waals surface area (Å²) < 4.78 is 17.8. The summed E-state index contributed by atoms with van der Waals surface area (Å²) in [5.41, 5.74) is 10.6. The molecule has 190 valence electrons. The SMILES string of the molecule is CCCN(CCC)CCc1c(C(N)=O)ccc2c1nc(Cc1ccnn1-c1cccc(F)c1)n2CC. The number of aryl methyl sites for hydroxylation is 1. The lowest BCUT2D eigenvalue weighted by Crippen LogP contribution is -2.28. The van der Waals surface area contributed by atoms with E-state index in [2.05, 4.69) is 35.3 Å². The van der Waals surface area contributed by atoms with E-state index in [1.165, 1.54) is 12.1 Å². The van der Waals surface area contributed by atoms with Gasteiger partial charge in [0, 0.05) is 31.3 Å². The Hall–Kier alpha value is -3.52. The second-order valence-electron chi connectivity index (χ2n) is 9.08. The molecule has 2 N–H and O–H groups in total. The minimum atomic E-state index is -0.429. The average molecular weight is 491 g/mol. The fraction of sp³-hybridized carbons (Fsp3) is 0.393. The molecule has 0 radical (unpaired) electrons. The molecule has 0 saturated heterocycles. The highest BCUT2D eigenvalue weighted by molar-refractivity contribution is 5.99. The van der Waals surface area contributed by atoms with E-state index in [-0.39, 0.29) is 5.82 Å². The van der Waals surface area contributed by atoms with Crippen molar-refractivity contribution in [3.63, 3.8) is 0 Å². The van der Waals surface area contributed by atoms with Crippen LogP contribution in [0.5, 0.6) is 0 Å². The fourth-order valence-electron chi connectivity index (χ4n) is 4.97. The van der Waals surface area contributed by atoms with Crippen LogP contribution in [0.3, 0.4) is 0 Å². The van der Waals surface area contributed by atoms with Crippen LogP contribution in [0.1, 0.15) is 61.1 Å². The Kier molecular flexibility index (Phi) is 8.15. The molecule has 4 aromatic rings. The van der Waals surface area contributed by atoms with Gasteiger partial charge in [-0.1, -0.05) is 19.9 Å². The summed E-state index contributed by atoms with van der Waals surface area (Å²) in [5.74, 6) is 0.132. The Balaban J connectivity index is 1.74. The van der Waals surface area contributed by atoms with Crippen LogP contribution >= 0.6 is 0 Å². The maximum atomic E-state index is 13.9. The molecular weight excluding hydrogens is 455 g/mol. The van der Waals surface area contributed by atoms with Gasteiger partial charge in [0.2, 0.25) is 5.91 Å². The Morgan fingerprint density at radius 1 is 1.06 bits per heavy atom. The lowest BCUT2D eigenvalue weighted by atomic mass is 10.0. The summed E-state index contributed by atoms with van der Waals surface area (Å²) in [7, 11) is 0. The monoisotopic (exact) mass is 490 g/mol. The first-order valence-corrected chi connectivity index (χ1v) is 12.8. The molecule has 0 aliphatic rings. The van der Waals surface area contributed by atoms with Crippen LogP contribution in [0.25, 0.3) is 16.7 Å². The van der Waals surface area contributed by atoms with Crippen molar-refractivity contribution in [2.75, 3.05) is 19.6 Å². The normalized spacial score (nSPS) is 11.6. The number of hydrogen-bond donors (Lipinski definition) is 1. The highest BCUT2D eigenvalue weighted by Crippen LogP contribution is 2.26. The van der Waals surface area contributed by atoms with Gasteiger partial charge in [-0.05, 0) is 81.2 Å². The van der Waals surface area contributed by atoms with Gasteiger partial charge in [0.15, 0.2) is 0 Å². The Bertz CT molecular complexity index is 1340. The molecule has 2 aromatic heterocycles. The molecule has 2 heterocycles. The third kappa shape index (κ3) is 5.33. The zero-order valence-corrected chi connectivity index (χ0v) is 21.4. The lowest BCUT2D eigenvalue weighted by molar-refractivity contribution is 0.0999. The molecule has 2 aromatic carbocycles. The number of fused-ring (bicyclic) bond motifs is 1. The van der Waals surface area contributed by atoms with Gasteiger partial charge < -0.3 is 15.2 Å². The number of amides is 1. The van der Waals surface area contributed by atoms with E-state index in [0.29, 0.717) is 24.1 Å². The molecule has 0 unspecified atom stereocenters. The number of carbonyl (C=O) groups excluding carboxylic acids is 1. The van der Waals surface area contributed by atoms with E-state index in [0.717, 1.165) is 67.1 Å². The maximum Gasteiger partial charge on any atom is 0.249 e. The largest absolute Gasteiger partial charge is 0.366 e. The summed E-state index contributed by atoms with van der Waals surface area (Å²) in [4.78, 5) is 19.8. The van der Waals surface area contributed by atoms with Gasteiger partial charge in [-0.3, -0.25) is 4.79 Å². The standard InChI is InChI=1S/C28H35FN6O/c1-4-15-33(16-5-2)17-13-23-24(28(30)36)10-11-25-27(23)32-26(34(25)6-3)19-22-12-14-31-35(22)21-9-7-8-20(29)18-21/h7-12,14,18H,4-6,13,15-17,19H2,1-3H3,(H2,30,36). The molecule has 0 saturated carbocycles. The van der Waals surface area contributed by atoms with E-state index in [9.17, 15) is 9.18 Å². The van der Waals surface area contributed by atoms with Crippen LogP contribution in [0.2, 0.25) is 0 Å². The number of halogens is 1. The van der Waals surface area contributed by atoms with E-state index in [1.807, 2.05) is 24.3 Å². The Labute approximate surface area is 211 Å². The number of carbonyl (C=O) groups is 1. The first-order chi connectivity index (χ1) is 17.5. The van der Waals surface area contributed by atoms with Crippen molar-refractivity contribution in [1.29, 1.82) is 0 Å². The van der Waals surface area contributed by atoms with Crippen molar-refractivity contribution in [1.82, 2.24) is 24.2 Å². The number of hydrogen-bond acceptors (Lipinski definition) is 4. The molecular formula is C28H35FN6O. The molecule has 0 aliphatic carbocycles. The van der Waals surface area contributed by atoms with E-state index in [4.69, 9.17) is 10.7 Å². The van der Waals surface area contributed by atoms with Crippen molar-refractivity contribution in [3.8, 4) is 5.69 Å². The Morgan fingerprint density at radius 3 is 2.50 bits per heavy atom. The predicted molar refractivity (Wildman–Crippen MR) is 141 cm³/mol. The quantitative estimate of drug-likeness (QED) is 0.311. The maximum absolute atomic E-state index is 13.9. The molecule has 0 aliphatic heterocycles. The van der Waals surface area contributed by atoms with Gasteiger partial charge in [0.05, 0.1) is 22.4 Å². The molecule has 0 fully saturated rings. The first kappa shape index (κ1) is 25.6. The average Bonchev–Trinajstić information content (AvgIpc) is 3.46. The van der Waals surface area contributed by atoms with Crippen LogP contribution < -0.4 is 5.73 Å². The van der Waals surface area contributed by atoms with Gasteiger partial charge >= 0.3 is 0 Å². The van der Waals surface area contributed by atoms with E-state index < -0.39 is 5.91 Å². The van der Waals surface area contributed by atoms with Crippen molar-refractivity contribution < 1.29 is 9.18 Å². The predicted octanol–water partition coefficient (Wildman–Crippen LogP) is 4.74. The van der Waals surface area contributed by atoms with Crippen molar-refractivity contribution in [3.05, 3.63) is 77.1 Å². The van der Waals surface area contributed by atoms with Crippen molar-refractivity contribution in [2.24, 2.45) is 5.73 Å². The zero-order valence-electron chi connectivity index (χ0n) is 21.4. The van der Waals surface area contributed by atoms with Crippen LogP contribution in [0.15, 0.2) is 48.7 Å². The molecule has 0 bridgehead atoms. The van der Waals surface area contributed by atoms with Crippen LogP contribution in [-0.4, -0.2) is 49.8 Å². The second kappa shape index (κ2) is 11.5. The van der Waals surface area contributed by atoms with Crippen molar-refractivity contribution >= 4 is 16.9 Å². The number of primary amides is 1. The summed E-state index contributed by atoms with van der Waals surface area (Å²) in [6.45, 7) is 10.1. The molecule has 36 heavy (non-hydrogen) atoms. The molecule has 0 atom stereocenters. The molecule has 8 heteroatoms. The summed E-state index contributed by atoms with van der Waals surface area (Å²) in [6.07, 6.45) is 5.10. The summed E-state index contributed by atoms with van der Waals surface area (Å²) in [6, 6.07) is 12.1. The number of aromatic nitrogens is 4.